The molecule has 0 amide bonds. The molecule has 1 aliphatic carbocycles. The summed E-state index contributed by atoms with van der Waals surface area (Å²) in [5.41, 5.74) is 2.96. The van der Waals surface area contributed by atoms with Gasteiger partial charge in [-0.3, -0.25) is 0 Å². The number of hydrogen-bond acceptors (Lipinski definition) is 0. The monoisotopic (exact) mass is 316 g/mol. The van der Waals surface area contributed by atoms with E-state index in [0.29, 0.717) is 5.92 Å². The van der Waals surface area contributed by atoms with Gasteiger partial charge < -0.3 is 0 Å². The zero-order chi connectivity index (χ0) is 17.4. The lowest BCUT2D eigenvalue weighted by atomic mass is 9.72. The lowest BCUT2D eigenvalue weighted by Gasteiger charge is -2.33. The van der Waals surface area contributed by atoms with Gasteiger partial charge in [0.25, 0.3) is 0 Å². The minimum absolute atomic E-state index is 0.602. The maximum absolute atomic E-state index is 4.06. The van der Waals surface area contributed by atoms with Crippen molar-refractivity contribution in [3.63, 3.8) is 0 Å². The molecular formula is C23H40. The maximum Gasteiger partial charge on any atom is -0.0165 e. The standard InChI is InChI=1S/C23H40/c1-8-10-17(3)11-12-19(5)21(7)22(9-2)14-13-20(6)23-15-18(4)16-23/h9,13-14,17-19,21,23H,2,8,10-12,15-16H2,1,3-7H3. The molecule has 0 aromatic heterocycles. The van der Waals surface area contributed by atoms with Gasteiger partial charge in [0, 0.05) is 0 Å². The molecule has 0 nitrogen and oxygen atoms in total. The van der Waals surface area contributed by atoms with Crippen LogP contribution in [0.25, 0.3) is 0 Å². The summed E-state index contributed by atoms with van der Waals surface area (Å²) in [4.78, 5) is 0. The van der Waals surface area contributed by atoms with Crippen molar-refractivity contribution in [1.82, 2.24) is 0 Å². The first-order valence-electron chi connectivity index (χ1n) is 9.89. The molecule has 1 rings (SSSR count). The van der Waals surface area contributed by atoms with E-state index in [0.717, 1.165) is 23.7 Å². The molecule has 0 aliphatic heterocycles. The summed E-state index contributed by atoms with van der Waals surface area (Å²) < 4.78 is 0. The van der Waals surface area contributed by atoms with Crippen LogP contribution in [-0.2, 0) is 0 Å². The largest absolute Gasteiger partial charge is 0.0988 e. The third-order valence-corrected chi connectivity index (χ3v) is 6.07. The van der Waals surface area contributed by atoms with Crippen molar-refractivity contribution in [2.45, 2.75) is 80.1 Å². The van der Waals surface area contributed by atoms with Crippen LogP contribution in [0.2, 0.25) is 0 Å². The van der Waals surface area contributed by atoms with E-state index in [4.69, 9.17) is 0 Å². The Morgan fingerprint density at radius 1 is 1.09 bits per heavy atom. The molecule has 0 aromatic carbocycles. The second-order valence-electron chi connectivity index (χ2n) is 8.29. The van der Waals surface area contributed by atoms with Gasteiger partial charge in [0.2, 0.25) is 0 Å². The summed E-state index contributed by atoms with van der Waals surface area (Å²) >= 11 is 0. The molecule has 0 heterocycles. The number of allylic oxidation sites excluding steroid dienone is 5. The Hall–Kier alpha value is -0.780. The van der Waals surface area contributed by atoms with Crippen LogP contribution in [0, 0.1) is 29.6 Å². The van der Waals surface area contributed by atoms with E-state index in [9.17, 15) is 0 Å². The molecule has 1 fully saturated rings. The molecule has 0 aromatic rings. The van der Waals surface area contributed by atoms with E-state index >= 15 is 0 Å². The van der Waals surface area contributed by atoms with Gasteiger partial charge in [-0.25, -0.2) is 0 Å². The van der Waals surface area contributed by atoms with Crippen molar-refractivity contribution in [1.29, 1.82) is 0 Å². The fraction of sp³-hybridized carbons (Fsp3) is 0.739. The Kier molecular flexibility index (Phi) is 8.95. The Balaban J connectivity index is 2.55. The Bertz CT molecular complexity index is 406. The highest BCUT2D eigenvalue weighted by Crippen LogP contribution is 2.38. The quantitative estimate of drug-likeness (QED) is 0.364. The summed E-state index contributed by atoms with van der Waals surface area (Å²) in [5, 5.41) is 0. The molecule has 3 atom stereocenters. The summed E-state index contributed by atoms with van der Waals surface area (Å²) in [6, 6.07) is 0. The molecule has 0 radical (unpaired) electrons. The van der Waals surface area contributed by atoms with Crippen LogP contribution in [0.15, 0.2) is 36.0 Å². The van der Waals surface area contributed by atoms with Gasteiger partial charge in [-0.15, -0.1) is 0 Å². The average molecular weight is 317 g/mol. The summed E-state index contributed by atoms with van der Waals surface area (Å²) in [7, 11) is 0. The molecule has 0 bridgehead atoms. The molecule has 0 saturated heterocycles. The normalized spacial score (nSPS) is 26.3. The lowest BCUT2D eigenvalue weighted by Crippen LogP contribution is -2.21. The van der Waals surface area contributed by atoms with E-state index in [1.165, 1.54) is 44.1 Å². The molecule has 1 saturated carbocycles. The topological polar surface area (TPSA) is 0 Å². The Labute approximate surface area is 146 Å². The smallest absolute Gasteiger partial charge is 0.0165 e. The number of rotatable bonds is 10. The molecule has 0 N–H and O–H groups in total. The SMILES string of the molecule is C=CC(=CC=C(C)C1CC(C)C1)C(C)C(C)CCC(C)CCC. The fourth-order valence-corrected chi connectivity index (χ4v) is 3.81. The van der Waals surface area contributed by atoms with E-state index in [1.54, 1.807) is 5.57 Å². The molecule has 0 spiro atoms. The van der Waals surface area contributed by atoms with E-state index in [2.05, 4.69) is 66.3 Å². The van der Waals surface area contributed by atoms with Crippen LogP contribution in [0.1, 0.15) is 80.1 Å². The van der Waals surface area contributed by atoms with Gasteiger partial charge in [-0.05, 0) is 61.3 Å². The van der Waals surface area contributed by atoms with E-state index in [1.807, 2.05) is 0 Å². The van der Waals surface area contributed by atoms with Crippen molar-refractivity contribution in [3.8, 4) is 0 Å². The van der Waals surface area contributed by atoms with Gasteiger partial charge >= 0.3 is 0 Å². The summed E-state index contributed by atoms with van der Waals surface area (Å²) in [6.07, 6.45) is 14.9. The van der Waals surface area contributed by atoms with Crippen molar-refractivity contribution >= 4 is 0 Å². The maximum atomic E-state index is 4.06. The first-order valence-corrected chi connectivity index (χ1v) is 9.89. The molecule has 0 heteroatoms. The fourth-order valence-electron chi connectivity index (χ4n) is 3.81. The van der Waals surface area contributed by atoms with Crippen LogP contribution in [0.3, 0.4) is 0 Å². The van der Waals surface area contributed by atoms with Crippen molar-refractivity contribution < 1.29 is 0 Å². The second-order valence-corrected chi connectivity index (χ2v) is 8.29. The zero-order valence-electron chi connectivity index (χ0n) is 16.6. The molecular weight excluding hydrogens is 276 g/mol. The molecule has 3 unspecified atom stereocenters. The third-order valence-electron chi connectivity index (χ3n) is 6.07. The minimum Gasteiger partial charge on any atom is -0.0988 e. The summed E-state index contributed by atoms with van der Waals surface area (Å²) in [5.74, 6) is 3.96. The minimum atomic E-state index is 0.602. The Morgan fingerprint density at radius 2 is 1.74 bits per heavy atom. The highest BCUT2D eigenvalue weighted by molar-refractivity contribution is 5.27. The second kappa shape index (κ2) is 10.2. The van der Waals surface area contributed by atoms with Crippen LogP contribution in [0.5, 0.6) is 0 Å². The van der Waals surface area contributed by atoms with Gasteiger partial charge in [-0.2, -0.15) is 0 Å². The van der Waals surface area contributed by atoms with Crippen molar-refractivity contribution in [2.24, 2.45) is 29.6 Å². The van der Waals surface area contributed by atoms with Crippen molar-refractivity contribution in [2.75, 3.05) is 0 Å². The van der Waals surface area contributed by atoms with E-state index in [-0.39, 0.29) is 0 Å². The van der Waals surface area contributed by atoms with E-state index < -0.39 is 0 Å². The van der Waals surface area contributed by atoms with Crippen LogP contribution < -0.4 is 0 Å². The summed E-state index contributed by atoms with van der Waals surface area (Å²) in [6.45, 7) is 18.2. The highest BCUT2D eigenvalue weighted by Gasteiger charge is 2.26. The van der Waals surface area contributed by atoms with Gasteiger partial charge in [0.1, 0.15) is 0 Å². The Morgan fingerprint density at radius 3 is 2.26 bits per heavy atom. The molecule has 132 valence electrons. The average Bonchev–Trinajstić information content (AvgIpc) is 2.49. The van der Waals surface area contributed by atoms with Crippen molar-refractivity contribution in [3.05, 3.63) is 36.0 Å². The van der Waals surface area contributed by atoms with Gasteiger partial charge in [0.15, 0.2) is 0 Å². The van der Waals surface area contributed by atoms with Gasteiger partial charge in [0.05, 0.1) is 0 Å². The van der Waals surface area contributed by atoms with Crippen LogP contribution in [0.4, 0.5) is 0 Å². The predicted molar refractivity (Wildman–Crippen MR) is 106 cm³/mol. The zero-order valence-corrected chi connectivity index (χ0v) is 16.6. The number of hydrogen-bond donors (Lipinski definition) is 0. The first-order chi connectivity index (χ1) is 10.9. The van der Waals surface area contributed by atoms with Gasteiger partial charge in [-0.1, -0.05) is 84.3 Å². The van der Waals surface area contributed by atoms with Crippen LogP contribution in [-0.4, -0.2) is 0 Å². The third kappa shape index (κ3) is 6.69. The molecule has 23 heavy (non-hydrogen) atoms. The predicted octanol–water partition coefficient (Wildman–Crippen LogP) is 7.58. The van der Waals surface area contributed by atoms with Crippen LogP contribution >= 0.6 is 0 Å². The highest BCUT2D eigenvalue weighted by atomic mass is 14.3. The molecule has 1 aliphatic rings. The lowest BCUT2D eigenvalue weighted by molar-refractivity contribution is 0.249. The first kappa shape index (κ1) is 20.3.